The molecule has 7 heavy (non-hydrogen) atoms. The molecule has 1 unspecified atom stereocenters. The van der Waals surface area contributed by atoms with Gasteiger partial charge in [0.05, 0.1) is 0 Å². The highest BCUT2D eigenvalue weighted by Crippen LogP contribution is 2.28. The van der Waals surface area contributed by atoms with Gasteiger partial charge in [-0.05, 0) is 0 Å². The average molecular weight is 125 g/mol. The molecule has 0 heterocycles. The molecule has 2 N–H and O–H groups in total. The molecular formula is C2H8NO3P. The molecule has 0 aliphatic heterocycles. The lowest BCUT2D eigenvalue weighted by molar-refractivity contribution is 0.169. The lowest BCUT2D eigenvalue weighted by atomic mass is 11.6. The first-order valence-electron chi connectivity index (χ1n) is 1.68. The van der Waals surface area contributed by atoms with Gasteiger partial charge < -0.3 is 9.42 Å². The van der Waals surface area contributed by atoms with Crippen molar-refractivity contribution in [2.75, 3.05) is 14.2 Å². The number of hydroxylamine groups is 1. The molecule has 0 spiro atoms. The fourth-order valence-electron chi connectivity index (χ4n) is 0.115. The van der Waals surface area contributed by atoms with Crippen molar-refractivity contribution in [2.45, 2.75) is 0 Å². The van der Waals surface area contributed by atoms with Crippen LogP contribution in [0.4, 0.5) is 0 Å². The molecule has 0 fully saturated rings. The van der Waals surface area contributed by atoms with Crippen molar-refractivity contribution in [3.05, 3.63) is 0 Å². The van der Waals surface area contributed by atoms with Crippen molar-refractivity contribution >= 4 is 8.60 Å². The molecule has 44 valence electrons. The highest BCUT2D eigenvalue weighted by molar-refractivity contribution is 7.40. The van der Waals surface area contributed by atoms with E-state index < -0.39 is 8.60 Å². The first-order valence-corrected chi connectivity index (χ1v) is 2.81. The van der Waals surface area contributed by atoms with Crippen LogP contribution in [-0.2, 0) is 9.15 Å². The monoisotopic (exact) mass is 125 g/mol. The summed E-state index contributed by atoms with van der Waals surface area (Å²) in [6.45, 7) is 0. The Morgan fingerprint density at radius 1 is 1.71 bits per heavy atom. The third-order valence-electron chi connectivity index (χ3n) is 0.326. The number of rotatable bonds is 3. The second-order valence-corrected chi connectivity index (χ2v) is 1.74. The van der Waals surface area contributed by atoms with Gasteiger partial charge in [-0.3, -0.25) is 0 Å². The van der Waals surface area contributed by atoms with E-state index in [2.05, 4.69) is 14.6 Å². The molecule has 0 aromatic rings. The maximum Gasteiger partial charge on any atom is 0.347 e. The van der Waals surface area contributed by atoms with Crippen LogP contribution in [0.15, 0.2) is 0 Å². The van der Waals surface area contributed by atoms with Crippen LogP contribution in [0.25, 0.3) is 0 Å². The molecule has 0 radical (unpaired) electrons. The Kier molecular flexibility index (Phi) is 4.60. The Balaban J connectivity index is 2.83. The molecule has 4 nitrogen and oxygen atoms in total. The van der Waals surface area contributed by atoms with E-state index in [1.165, 1.54) is 7.11 Å². The van der Waals surface area contributed by atoms with E-state index >= 15 is 0 Å². The SMILES string of the molecule is CNOP(O)OC. The van der Waals surface area contributed by atoms with Gasteiger partial charge in [-0.25, -0.2) is 4.62 Å². The van der Waals surface area contributed by atoms with Crippen molar-refractivity contribution in [2.24, 2.45) is 0 Å². The summed E-state index contributed by atoms with van der Waals surface area (Å²) >= 11 is 0. The van der Waals surface area contributed by atoms with Gasteiger partial charge in [0.1, 0.15) is 0 Å². The number of hydrogen-bond acceptors (Lipinski definition) is 4. The summed E-state index contributed by atoms with van der Waals surface area (Å²) < 4.78 is 8.67. The van der Waals surface area contributed by atoms with Gasteiger partial charge in [0.2, 0.25) is 0 Å². The zero-order chi connectivity index (χ0) is 5.70. The highest BCUT2D eigenvalue weighted by atomic mass is 31.2. The second-order valence-electron chi connectivity index (χ2n) is 0.716. The molecule has 0 saturated carbocycles. The topological polar surface area (TPSA) is 50.7 Å². The van der Waals surface area contributed by atoms with Crippen LogP contribution in [0.2, 0.25) is 0 Å². The lowest BCUT2D eigenvalue weighted by Crippen LogP contribution is -2.02. The Morgan fingerprint density at radius 2 is 2.29 bits per heavy atom. The Morgan fingerprint density at radius 3 is 2.43 bits per heavy atom. The first-order chi connectivity index (χ1) is 3.31. The Hall–Kier alpha value is 0.270. The van der Waals surface area contributed by atoms with E-state index in [1.807, 2.05) is 0 Å². The van der Waals surface area contributed by atoms with Crippen molar-refractivity contribution in [1.82, 2.24) is 5.48 Å². The highest BCUT2D eigenvalue weighted by Gasteiger charge is 1.98. The molecule has 5 heteroatoms. The van der Waals surface area contributed by atoms with Crippen molar-refractivity contribution in [1.29, 1.82) is 0 Å². The molecule has 1 atom stereocenters. The molecule has 0 aromatic carbocycles. The summed E-state index contributed by atoms with van der Waals surface area (Å²) in [4.78, 5) is 8.42. The third-order valence-corrected chi connectivity index (χ3v) is 0.977. The quantitative estimate of drug-likeness (QED) is 0.412. The van der Waals surface area contributed by atoms with Crippen molar-refractivity contribution in [3.8, 4) is 0 Å². The number of hydrogen-bond donors (Lipinski definition) is 2. The maximum absolute atomic E-state index is 8.42. The maximum atomic E-state index is 8.42. The number of nitrogens with one attached hydrogen (secondary N) is 1. The minimum Gasteiger partial charge on any atom is -0.327 e. The molecule has 0 aromatic heterocycles. The zero-order valence-electron chi connectivity index (χ0n) is 4.21. The van der Waals surface area contributed by atoms with Gasteiger partial charge in [-0.15, -0.1) is 0 Å². The average Bonchev–Trinajstić information content (AvgIpc) is 1.68. The van der Waals surface area contributed by atoms with Crippen LogP contribution in [0.5, 0.6) is 0 Å². The normalized spacial score (nSPS) is 14.1. The second kappa shape index (κ2) is 4.43. The fourth-order valence-corrected chi connectivity index (χ4v) is 0.346. The first kappa shape index (κ1) is 7.27. The predicted molar refractivity (Wildman–Crippen MR) is 26.3 cm³/mol. The Labute approximate surface area is 43.4 Å². The summed E-state index contributed by atoms with van der Waals surface area (Å²) in [6, 6.07) is 0. The molecule has 0 rings (SSSR count). The zero-order valence-corrected chi connectivity index (χ0v) is 5.11. The summed E-state index contributed by atoms with van der Waals surface area (Å²) in [5.74, 6) is 0. The predicted octanol–water partition coefficient (Wildman–Crippen LogP) is 0.00300. The third kappa shape index (κ3) is 4.12. The Bertz CT molecular complexity index is 43.9. The molecular weight excluding hydrogens is 117 g/mol. The molecule has 0 bridgehead atoms. The largest absolute Gasteiger partial charge is 0.347 e. The summed E-state index contributed by atoms with van der Waals surface area (Å²) in [6.07, 6.45) is 0. The minimum atomic E-state index is -1.69. The van der Waals surface area contributed by atoms with Crippen LogP contribution in [0.3, 0.4) is 0 Å². The van der Waals surface area contributed by atoms with Gasteiger partial charge >= 0.3 is 8.60 Å². The van der Waals surface area contributed by atoms with Crippen LogP contribution in [0, 0.1) is 0 Å². The van der Waals surface area contributed by atoms with Gasteiger partial charge in [0.15, 0.2) is 0 Å². The molecule has 0 aliphatic rings. The van der Waals surface area contributed by atoms with Gasteiger partial charge in [0, 0.05) is 14.2 Å². The van der Waals surface area contributed by atoms with Crippen LogP contribution in [-0.4, -0.2) is 19.1 Å². The fraction of sp³-hybridized carbons (Fsp3) is 1.00. The summed E-state index contributed by atoms with van der Waals surface area (Å²) in [5, 5.41) is 0. The van der Waals surface area contributed by atoms with E-state index in [4.69, 9.17) is 4.89 Å². The summed E-state index contributed by atoms with van der Waals surface area (Å²) in [5.41, 5.74) is 2.27. The van der Waals surface area contributed by atoms with E-state index in [0.29, 0.717) is 0 Å². The molecule has 0 amide bonds. The standard InChI is InChI=1S/C2H8NO3P/c1-3-6-7(4)5-2/h3-4H,1-2H3. The van der Waals surface area contributed by atoms with E-state index in [9.17, 15) is 0 Å². The van der Waals surface area contributed by atoms with Crippen LogP contribution < -0.4 is 5.48 Å². The van der Waals surface area contributed by atoms with Gasteiger partial charge in [-0.1, -0.05) is 0 Å². The molecule has 0 saturated heterocycles. The van der Waals surface area contributed by atoms with Gasteiger partial charge in [0.25, 0.3) is 0 Å². The van der Waals surface area contributed by atoms with E-state index in [0.717, 1.165) is 0 Å². The smallest absolute Gasteiger partial charge is 0.327 e. The van der Waals surface area contributed by atoms with E-state index in [-0.39, 0.29) is 0 Å². The molecule has 0 aliphatic carbocycles. The minimum absolute atomic E-state index is 1.36. The summed E-state index contributed by atoms with van der Waals surface area (Å²) in [7, 11) is 1.22. The van der Waals surface area contributed by atoms with Crippen LogP contribution in [0.1, 0.15) is 0 Å². The van der Waals surface area contributed by atoms with Crippen LogP contribution >= 0.6 is 8.60 Å². The van der Waals surface area contributed by atoms with E-state index in [1.54, 1.807) is 7.05 Å². The van der Waals surface area contributed by atoms with Crippen molar-refractivity contribution in [3.63, 3.8) is 0 Å². The van der Waals surface area contributed by atoms with Gasteiger partial charge in [-0.2, -0.15) is 5.48 Å². The lowest BCUT2D eigenvalue weighted by Gasteiger charge is -2.02. The van der Waals surface area contributed by atoms with Crippen molar-refractivity contribution < 1.29 is 14.0 Å².